The summed E-state index contributed by atoms with van der Waals surface area (Å²) in [6.45, 7) is 5.74. The van der Waals surface area contributed by atoms with Gasteiger partial charge in [-0.2, -0.15) is 0 Å². The van der Waals surface area contributed by atoms with E-state index in [2.05, 4.69) is 22.5 Å². The maximum absolute atomic E-state index is 11.2. The Kier molecular flexibility index (Phi) is 3.48. The predicted molar refractivity (Wildman–Crippen MR) is 56.4 cm³/mol. The van der Waals surface area contributed by atoms with E-state index in [1.54, 1.807) is 6.07 Å². The third-order valence-electron chi connectivity index (χ3n) is 1.66. The Morgan fingerprint density at radius 1 is 1.77 bits per heavy atom. The van der Waals surface area contributed by atoms with Gasteiger partial charge >= 0.3 is 0 Å². The summed E-state index contributed by atoms with van der Waals surface area (Å²) in [5.74, 6) is 0.322. The highest BCUT2D eigenvalue weighted by Gasteiger charge is 2.07. The molecule has 0 radical (unpaired) electrons. The van der Waals surface area contributed by atoms with E-state index in [9.17, 15) is 4.79 Å². The molecule has 1 rings (SSSR count). The second-order valence-electron chi connectivity index (χ2n) is 2.66. The second kappa shape index (κ2) is 4.42. The van der Waals surface area contributed by atoms with Crippen LogP contribution in [0.4, 0.5) is 0 Å². The van der Waals surface area contributed by atoms with Crippen LogP contribution in [0.5, 0.6) is 0 Å². The third kappa shape index (κ3) is 2.31. The molecule has 0 aromatic carbocycles. The van der Waals surface area contributed by atoms with Crippen LogP contribution in [0.3, 0.4) is 0 Å². The van der Waals surface area contributed by atoms with Crippen molar-refractivity contribution in [3.05, 3.63) is 22.5 Å². The highest BCUT2D eigenvalue weighted by Crippen LogP contribution is 1.97. The van der Waals surface area contributed by atoms with Crippen LogP contribution in [0.1, 0.15) is 23.9 Å². The first-order valence-electron chi connectivity index (χ1n) is 4.07. The molecule has 1 aromatic rings. The summed E-state index contributed by atoms with van der Waals surface area (Å²) in [6.07, 6.45) is 2.89. The quantitative estimate of drug-likeness (QED) is 0.594. The molecule has 0 N–H and O–H groups in total. The summed E-state index contributed by atoms with van der Waals surface area (Å²) >= 11 is 3.08. The van der Waals surface area contributed by atoms with Crippen molar-refractivity contribution < 1.29 is 9.21 Å². The van der Waals surface area contributed by atoms with Gasteiger partial charge in [-0.25, -0.2) is 0 Å². The van der Waals surface area contributed by atoms with Crippen LogP contribution in [0.15, 0.2) is 10.5 Å². The van der Waals surface area contributed by atoms with Crippen molar-refractivity contribution in [2.75, 3.05) is 5.33 Å². The number of hydrogen-bond donors (Lipinski definition) is 0. The SMILES string of the molecule is C=c1oc(C(=O)CBr)c/c1=C/CC. The summed E-state index contributed by atoms with van der Waals surface area (Å²) < 4.78 is 5.20. The van der Waals surface area contributed by atoms with Gasteiger partial charge in [-0.15, -0.1) is 0 Å². The van der Waals surface area contributed by atoms with Crippen LogP contribution >= 0.6 is 15.9 Å². The van der Waals surface area contributed by atoms with Crippen LogP contribution in [-0.2, 0) is 0 Å². The van der Waals surface area contributed by atoms with Crippen LogP contribution in [0.25, 0.3) is 12.7 Å². The van der Waals surface area contributed by atoms with Crippen LogP contribution in [0, 0.1) is 0 Å². The largest absolute Gasteiger partial charge is 0.454 e. The number of carbonyl (C=O) groups is 1. The maximum atomic E-state index is 11.2. The molecule has 0 aliphatic rings. The Labute approximate surface area is 85.1 Å². The zero-order valence-corrected chi connectivity index (χ0v) is 9.06. The first-order valence-corrected chi connectivity index (χ1v) is 5.19. The lowest BCUT2D eigenvalue weighted by Crippen LogP contribution is -2.16. The van der Waals surface area contributed by atoms with Crippen molar-refractivity contribution in [2.24, 2.45) is 0 Å². The molecule has 0 aliphatic heterocycles. The van der Waals surface area contributed by atoms with Crippen molar-refractivity contribution in [1.29, 1.82) is 0 Å². The smallest absolute Gasteiger partial charge is 0.208 e. The molecule has 3 heteroatoms. The Hall–Kier alpha value is -0.830. The van der Waals surface area contributed by atoms with Gasteiger partial charge in [0.05, 0.1) is 5.33 Å². The van der Waals surface area contributed by atoms with Gasteiger partial charge < -0.3 is 4.42 Å². The fraction of sp³-hybridized carbons (Fsp3) is 0.300. The average Bonchev–Trinajstić information content (AvgIpc) is 2.47. The van der Waals surface area contributed by atoms with Gasteiger partial charge in [-0.3, -0.25) is 4.79 Å². The standard InChI is InChI=1S/C10H11BrO2/c1-3-4-8-5-10(9(12)6-11)13-7(8)2/h4-5H,2-3,6H2,1H3/b8-4-. The third-order valence-corrected chi connectivity index (χ3v) is 2.17. The highest BCUT2D eigenvalue weighted by molar-refractivity contribution is 9.09. The molecule has 0 saturated carbocycles. The number of furan rings is 1. The first kappa shape index (κ1) is 10.3. The van der Waals surface area contributed by atoms with Gasteiger partial charge in [0.2, 0.25) is 5.78 Å². The Morgan fingerprint density at radius 2 is 2.46 bits per heavy atom. The fourth-order valence-corrected chi connectivity index (χ4v) is 1.32. The predicted octanol–water partition coefficient (Wildman–Crippen LogP) is 1.46. The van der Waals surface area contributed by atoms with E-state index in [-0.39, 0.29) is 11.1 Å². The lowest BCUT2D eigenvalue weighted by molar-refractivity contribution is 0.0992. The summed E-state index contributed by atoms with van der Waals surface area (Å²) in [7, 11) is 0. The van der Waals surface area contributed by atoms with Crippen molar-refractivity contribution in [2.45, 2.75) is 13.3 Å². The lowest BCUT2D eigenvalue weighted by Gasteiger charge is -1.85. The summed E-state index contributed by atoms with van der Waals surface area (Å²) in [4.78, 5) is 11.2. The first-order chi connectivity index (χ1) is 6.19. The molecule has 0 amide bonds. The van der Waals surface area contributed by atoms with Gasteiger partial charge in [-0.1, -0.05) is 35.5 Å². The number of halogens is 1. The monoisotopic (exact) mass is 242 g/mol. The Balaban J connectivity index is 3.17. The van der Waals surface area contributed by atoms with E-state index in [1.807, 2.05) is 13.0 Å². The van der Waals surface area contributed by atoms with Crippen LogP contribution in [-0.4, -0.2) is 11.1 Å². The number of alkyl halides is 1. The van der Waals surface area contributed by atoms with E-state index in [1.165, 1.54) is 0 Å². The zero-order chi connectivity index (χ0) is 9.84. The number of ketones is 1. The van der Waals surface area contributed by atoms with Gasteiger partial charge in [0.25, 0.3) is 0 Å². The zero-order valence-electron chi connectivity index (χ0n) is 7.47. The van der Waals surface area contributed by atoms with Crippen molar-refractivity contribution >= 4 is 34.4 Å². The molecule has 0 atom stereocenters. The van der Waals surface area contributed by atoms with E-state index in [0.717, 1.165) is 11.6 Å². The van der Waals surface area contributed by atoms with Gasteiger partial charge in [0, 0.05) is 5.22 Å². The number of Topliss-reactive ketones (excluding diaryl/α,β-unsaturated/α-hetero) is 1. The molecule has 70 valence electrons. The molecular weight excluding hydrogens is 232 g/mol. The van der Waals surface area contributed by atoms with Gasteiger partial charge in [-0.05, 0) is 12.5 Å². The molecule has 0 bridgehead atoms. The normalized spacial score (nSPS) is 12.0. The topological polar surface area (TPSA) is 30.2 Å². The maximum Gasteiger partial charge on any atom is 0.208 e. The number of rotatable bonds is 3. The van der Waals surface area contributed by atoms with Gasteiger partial charge in [0.1, 0.15) is 5.42 Å². The molecule has 13 heavy (non-hydrogen) atoms. The van der Waals surface area contributed by atoms with Gasteiger partial charge in [0.15, 0.2) is 5.76 Å². The molecule has 0 aliphatic carbocycles. The highest BCUT2D eigenvalue weighted by atomic mass is 79.9. The van der Waals surface area contributed by atoms with Crippen LogP contribution < -0.4 is 10.6 Å². The summed E-state index contributed by atoms with van der Waals surface area (Å²) in [5, 5.41) is 1.19. The van der Waals surface area contributed by atoms with E-state index >= 15 is 0 Å². The molecule has 2 nitrogen and oxygen atoms in total. The Bertz CT molecular complexity index is 403. The number of hydrogen-bond acceptors (Lipinski definition) is 2. The lowest BCUT2D eigenvalue weighted by atomic mass is 10.3. The summed E-state index contributed by atoms with van der Waals surface area (Å²) in [5.41, 5.74) is 0.561. The van der Waals surface area contributed by atoms with E-state index in [0.29, 0.717) is 11.2 Å². The minimum atomic E-state index is -0.0550. The molecular formula is C10H11BrO2. The summed E-state index contributed by atoms with van der Waals surface area (Å²) in [6, 6.07) is 1.73. The van der Waals surface area contributed by atoms with Crippen molar-refractivity contribution in [1.82, 2.24) is 0 Å². The second-order valence-corrected chi connectivity index (χ2v) is 3.22. The molecule has 0 saturated heterocycles. The molecule has 0 fully saturated rings. The van der Waals surface area contributed by atoms with E-state index in [4.69, 9.17) is 4.42 Å². The molecule has 0 unspecified atom stereocenters. The minimum absolute atomic E-state index is 0.0550. The van der Waals surface area contributed by atoms with Crippen molar-refractivity contribution in [3.8, 4) is 0 Å². The van der Waals surface area contributed by atoms with E-state index < -0.39 is 0 Å². The average molecular weight is 243 g/mol. The molecule has 1 aromatic heterocycles. The molecule has 0 spiro atoms. The fourth-order valence-electron chi connectivity index (χ4n) is 1.04. The van der Waals surface area contributed by atoms with Crippen molar-refractivity contribution in [3.63, 3.8) is 0 Å². The van der Waals surface area contributed by atoms with Crippen LogP contribution in [0.2, 0.25) is 0 Å². The molecule has 1 heterocycles. The Morgan fingerprint density at radius 3 is 3.00 bits per heavy atom. The minimum Gasteiger partial charge on any atom is -0.454 e. The number of carbonyl (C=O) groups excluding carboxylic acids is 1.